The van der Waals surface area contributed by atoms with Gasteiger partial charge in [0.2, 0.25) is 5.91 Å². The Morgan fingerprint density at radius 1 is 1.47 bits per heavy atom. The zero-order valence-corrected chi connectivity index (χ0v) is 12.3. The molecule has 6 nitrogen and oxygen atoms in total. The number of likely N-dealkylation sites (tertiary alicyclic amines) is 1. The van der Waals surface area contributed by atoms with Crippen LogP contribution in [0.3, 0.4) is 0 Å². The van der Waals surface area contributed by atoms with Crippen molar-refractivity contribution in [2.45, 2.75) is 31.9 Å². The summed E-state index contributed by atoms with van der Waals surface area (Å²) in [5, 5.41) is 9.63. The first-order valence-corrected chi connectivity index (χ1v) is 8.49. The van der Waals surface area contributed by atoms with Crippen LogP contribution in [0.4, 0.5) is 0 Å². The van der Waals surface area contributed by atoms with Gasteiger partial charge in [-0.25, -0.2) is 8.42 Å². The van der Waals surface area contributed by atoms with Crippen LogP contribution in [0.25, 0.3) is 0 Å². The van der Waals surface area contributed by atoms with Gasteiger partial charge in [-0.05, 0) is 20.3 Å². The van der Waals surface area contributed by atoms with E-state index >= 15 is 0 Å². The zero-order chi connectivity index (χ0) is 14.3. The van der Waals surface area contributed by atoms with Crippen LogP contribution >= 0.6 is 0 Å². The van der Waals surface area contributed by atoms with Crippen LogP contribution in [0.1, 0.15) is 20.3 Å². The topological polar surface area (TPSA) is 77.9 Å². The lowest BCUT2D eigenvalue weighted by Crippen LogP contribution is -2.62. The summed E-state index contributed by atoms with van der Waals surface area (Å²) in [6, 6.07) is -0.177. The molecule has 0 spiro atoms. The van der Waals surface area contributed by atoms with E-state index in [2.05, 4.69) is 0 Å². The molecule has 1 amide bonds. The highest BCUT2D eigenvalue weighted by Gasteiger charge is 2.39. The molecule has 1 unspecified atom stereocenters. The molecule has 0 aromatic heterocycles. The van der Waals surface area contributed by atoms with Gasteiger partial charge in [0.25, 0.3) is 0 Å². The van der Waals surface area contributed by atoms with E-state index < -0.39 is 15.4 Å². The van der Waals surface area contributed by atoms with Gasteiger partial charge in [-0.15, -0.1) is 0 Å². The highest BCUT2D eigenvalue weighted by atomic mass is 32.2. The lowest BCUT2D eigenvalue weighted by atomic mass is 9.97. The Labute approximate surface area is 114 Å². The Bertz CT molecular complexity index is 452. The smallest absolute Gasteiger partial charge is 0.237 e. The third-order valence-electron chi connectivity index (χ3n) is 3.80. The van der Waals surface area contributed by atoms with Crippen molar-refractivity contribution >= 4 is 15.7 Å². The summed E-state index contributed by atoms with van der Waals surface area (Å²) in [5.41, 5.74) is -0.686. The van der Waals surface area contributed by atoms with E-state index in [-0.39, 0.29) is 30.0 Å². The number of amides is 1. The van der Waals surface area contributed by atoms with Crippen molar-refractivity contribution in [2.75, 3.05) is 37.7 Å². The Balaban J connectivity index is 1.90. The van der Waals surface area contributed by atoms with Crippen molar-refractivity contribution < 1.29 is 18.3 Å². The fourth-order valence-electron chi connectivity index (χ4n) is 2.97. The average molecular weight is 290 g/mol. The van der Waals surface area contributed by atoms with E-state index in [0.717, 1.165) is 0 Å². The molecule has 2 aliphatic rings. The highest BCUT2D eigenvalue weighted by Crippen LogP contribution is 2.21. The monoisotopic (exact) mass is 290 g/mol. The molecule has 0 aliphatic carbocycles. The molecule has 2 saturated heterocycles. The molecule has 0 aromatic carbocycles. The predicted octanol–water partition coefficient (Wildman–Crippen LogP) is -0.911. The van der Waals surface area contributed by atoms with E-state index in [0.29, 0.717) is 26.1 Å². The third kappa shape index (κ3) is 3.46. The number of hydrogen-bond acceptors (Lipinski definition) is 5. The van der Waals surface area contributed by atoms with Gasteiger partial charge in [-0.3, -0.25) is 9.69 Å². The second-order valence-electron chi connectivity index (χ2n) is 5.88. The van der Waals surface area contributed by atoms with Gasteiger partial charge in [0.05, 0.1) is 23.7 Å². The van der Waals surface area contributed by atoms with Gasteiger partial charge in [-0.2, -0.15) is 0 Å². The first kappa shape index (κ1) is 14.7. The van der Waals surface area contributed by atoms with Crippen molar-refractivity contribution in [1.82, 2.24) is 9.80 Å². The molecule has 0 aromatic rings. The van der Waals surface area contributed by atoms with Crippen LogP contribution in [-0.2, 0) is 14.6 Å². The summed E-state index contributed by atoms with van der Waals surface area (Å²) in [7, 11) is -2.97. The Kier molecular flexibility index (Phi) is 3.90. The molecule has 2 aliphatic heterocycles. The fraction of sp³-hybridized carbons (Fsp3) is 0.917. The standard InChI is InChI=1S/C12H22N2O4S/c1-3-14(10-4-5-19(17,18)7-10)11(15)6-13-8-12(2,16)9-13/h10,16H,3-9H2,1-2H3. The molecule has 1 N–H and O–H groups in total. The molecule has 2 heterocycles. The van der Waals surface area contributed by atoms with E-state index in [1.807, 2.05) is 11.8 Å². The molecule has 0 bridgehead atoms. The van der Waals surface area contributed by atoms with Crippen LogP contribution in [0.5, 0.6) is 0 Å². The van der Waals surface area contributed by atoms with Crippen molar-refractivity contribution in [3.8, 4) is 0 Å². The van der Waals surface area contributed by atoms with Crippen LogP contribution in [-0.4, -0.2) is 78.6 Å². The first-order chi connectivity index (χ1) is 8.72. The molecule has 2 fully saturated rings. The van der Waals surface area contributed by atoms with Gasteiger partial charge >= 0.3 is 0 Å². The van der Waals surface area contributed by atoms with Gasteiger partial charge in [0.15, 0.2) is 9.84 Å². The van der Waals surface area contributed by atoms with Crippen molar-refractivity contribution in [1.29, 1.82) is 0 Å². The van der Waals surface area contributed by atoms with E-state index in [4.69, 9.17) is 0 Å². The lowest BCUT2D eigenvalue weighted by molar-refractivity contribution is -0.141. The number of sulfone groups is 1. The SMILES string of the molecule is CCN(C(=O)CN1CC(C)(O)C1)C1CCS(=O)(=O)C1. The number of nitrogens with zero attached hydrogens (tertiary/aromatic N) is 2. The van der Waals surface area contributed by atoms with E-state index in [9.17, 15) is 18.3 Å². The number of β-amino-alcohol motifs (C(OH)–C–C–N with tert-alkyl or cyclic N) is 1. The Morgan fingerprint density at radius 2 is 2.11 bits per heavy atom. The van der Waals surface area contributed by atoms with Gasteiger partial charge in [0.1, 0.15) is 0 Å². The maximum absolute atomic E-state index is 12.2. The summed E-state index contributed by atoms with van der Waals surface area (Å²) in [4.78, 5) is 15.7. The van der Waals surface area contributed by atoms with Crippen LogP contribution in [0.15, 0.2) is 0 Å². The highest BCUT2D eigenvalue weighted by molar-refractivity contribution is 7.91. The predicted molar refractivity (Wildman–Crippen MR) is 71.5 cm³/mol. The van der Waals surface area contributed by atoms with Crippen LogP contribution in [0, 0.1) is 0 Å². The third-order valence-corrected chi connectivity index (χ3v) is 5.55. The average Bonchev–Trinajstić information content (AvgIpc) is 2.57. The van der Waals surface area contributed by atoms with Crippen molar-refractivity contribution in [3.05, 3.63) is 0 Å². The molecule has 1 atom stereocenters. The first-order valence-electron chi connectivity index (χ1n) is 6.67. The second kappa shape index (κ2) is 5.03. The molecular formula is C12H22N2O4S. The quantitative estimate of drug-likeness (QED) is 0.725. The molecule has 0 radical (unpaired) electrons. The molecule has 0 saturated carbocycles. The zero-order valence-electron chi connectivity index (χ0n) is 11.5. The summed E-state index contributed by atoms with van der Waals surface area (Å²) < 4.78 is 23.0. The van der Waals surface area contributed by atoms with Gasteiger partial charge in [0, 0.05) is 25.7 Å². The minimum absolute atomic E-state index is 0.0416. The Hall–Kier alpha value is -0.660. The number of aliphatic hydroxyl groups is 1. The number of likely N-dealkylation sites (N-methyl/N-ethyl adjacent to an activating group) is 1. The molecule has 19 heavy (non-hydrogen) atoms. The van der Waals surface area contributed by atoms with Crippen LogP contribution < -0.4 is 0 Å². The lowest BCUT2D eigenvalue weighted by Gasteiger charge is -2.44. The van der Waals surface area contributed by atoms with Gasteiger partial charge < -0.3 is 10.0 Å². The number of carbonyl (C=O) groups excluding carboxylic acids is 1. The largest absolute Gasteiger partial charge is 0.388 e. The molecule has 7 heteroatoms. The Morgan fingerprint density at radius 3 is 2.53 bits per heavy atom. The van der Waals surface area contributed by atoms with E-state index in [1.165, 1.54) is 0 Å². The maximum atomic E-state index is 12.2. The van der Waals surface area contributed by atoms with Crippen molar-refractivity contribution in [3.63, 3.8) is 0 Å². The fourth-order valence-corrected chi connectivity index (χ4v) is 4.70. The summed E-state index contributed by atoms with van der Waals surface area (Å²) in [5.74, 6) is 0.226. The second-order valence-corrected chi connectivity index (χ2v) is 8.11. The summed E-state index contributed by atoms with van der Waals surface area (Å²) >= 11 is 0. The molecular weight excluding hydrogens is 268 g/mol. The molecule has 110 valence electrons. The normalized spacial score (nSPS) is 28.9. The van der Waals surface area contributed by atoms with Crippen LogP contribution in [0.2, 0.25) is 0 Å². The maximum Gasteiger partial charge on any atom is 0.237 e. The summed E-state index contributed by atoms with van der Waals surface area (Å²) in [6.45, 7) is 5.41. The van der Waals surface area contributed by atoms with Crippen molar-refractivity contribution in [2.24, 2.45) is 0 Å². The minimum Gasteiger partial charge on any atom is -0.388 e. The summed E-state index contributed by atoms with van der Waals surface area (Å²) in [6.07, 6.45) is 0.541. The van der Waals surface area contributed by atoms with E-state index in [1.54, 1.807) is 11.8 Å². The number of hydrogen-bond donors (Lipinski definition) is 1. The number of rotatable bonds is 4. The molecule has 2 rings (SSSR count). The minimum atomic E-state index is -2.97. The van der Waals surface area contributed by atoms with Gasteiger partial charge in [-0.1, -0.05) is 0 Å². The number of carbonyl (C=O) groups is 1.